The Kier molecular flexibility index (Phi) is 18.3. The molecule has 0 aliphatic carbocycles. The van der Waals surface area contributed by atoms with Gasteiger partial charge in [0.1, 0.15) is 0 Å². The molecule has 0 aliphatic rings. The zero-order chi connectivity index (χ0) is 20.2. The van der Waals surface area contributed by atoms with Crippen molar-refractivity contribution in [2.45, 2.75) is 110 Å². The summed E-state index contributed by atoms with van der Waals surface area (Å²) in [6.07, 6.45) is 20.0. The first-order valence-corrected chi connectivity index (χ1v) is 12.6. The van der Waals surface area contributed by atoms with Gasteiger partial charge >= 0.3 is 0 Å². The van der Waals surface area contributed by atoms with Crippen molar-refractivity contribution >= 4 is 16.0 Å². The van der Waals surface area contributed by atoms with E-state index in [1.807, 2.05) is 0 Å². The van der Waals surface area contributed by atoms with Gasteiger partial charge < -0.3 is 5.32 Å². The molecule has 0 unspecified atom stereocenters. The van der Waals surface area contributed by atoms with E-state index in [1.165, 1.54) is 83.5 Å². The molecule has 162 valence electrons. The molecule has 0 spiro atoms. The number of nitrogens with one attached hydrogen (secondary N) is 1. The van der Waals surface area contributed by atoms with Crippen LogP contribution in [0.2, 0.25) is 0 Å². The fourth-order valence-corrected chi connectivity index (χ4v) is 3.66. The molecule has 0 radical (unpaired) electrons. The highest BCUT2D eigenvalue weighted by atomic mass is 32.2. The van der Waals surface area contributed by atoms with Crippen molar-refractivity contribution in [2.24, 2.45) is 0 Å². The van der Waals surface area contributed by atoms with Gasteiger partial charge in [0.15, 0.2) is 0 Å². The normalized spacial score (nSPS) is 11.6. The molecule has 0 rings (SSSR count). The molecule has 0 aromatic rings. The Bertz CT molecular complexity index is 437. The first-order chi connectivity index (χ1) is 13.0. The molecule has 1 N–H and O–H groups in total. The van der Waals surface area contributed by atoms with Gasteiger partial charge in [-0.1, -0.05) is 96.8 Å². The van der Waals surface area contributed by atoms with Gasteiger partial charge in [-0.3, -0.25) is 8.98 Å². The average Bonchev–Trinajstić information content (AvgIpc) is 2.64. The molecule has 0 aliphatic heterocycles. The maximum Gasteiger partial charge on any atom is 0.268 e. The van der Waals surface area contributed by atoms with Crippen molar-refractivity contribution in [1.29, 1.82) is 0 Å². The third-order valence-electron chi connectivity index (χ3n) is 4.94. The summed E-state index contributed by atoms with van der Waals surface area (Å²) < 4.78 is 26.6. The Morgan fingerprint density at radius 3 is 1.56 bits per heavy atom. The molecule has 0 aromatic carbocycles. The van der Waals surface area contributed by atoms with Gasteiger partial charge in [-0.05, 0) is 6.42 Å². The van der Waals surface area contributed by atoms with Crippen LogP contribution in [0.3, 0.4) is 0 Å². The molecule has 1 amide bonds. The summed E-state index contributed by atoms with van der Waals surface area (Å²) in [5, 5.41) is 2.62. The average molecular weight is 406 g/mol. The topological polar surface area (TPSA) is 72.5 Å². The van der Waals surface area contributed by atoms with E-state index in [4.69, 9.17) is 0 Å². The second-order valence-electron chi connectivity index (χ2n) is 7.48. The number of carbonyl (C=O) groups is 1. The van der Waals surface area contributed by atoms with Crippen LogP contribution in [-0.2, 0) is 19.1 Å². The van der Waals surface area contributed by atoms with Crippen molar-refractivity contribution in [3.8, 4) is 0 Å². The highest BCUT2D eigenvalue weighted by Crippen LogP contribution is 2.13. The second-order valence-corrected chi connectivity index (χ2v) is 9.34. The van der Waals surface area contributed by atoms with Crippen molar-refractivity contribution < 1.29 is 17.4 Å². The predicted molar refractivity (Wildman–Crippen MR) is 113 cm³/mol. The lowest BCUT2D eigenvalue weighted by molar-refractivity contribution is -0.121. The minimum atomic E-state index is -3.48. The second kappa shape index (κ2) is 18.7. The molecule has 0 fully saturated rings. The number of amides is 1. The molecule has 5 nitrogen and oxygen atoms in total. The molecule has 0 atom stereocenters. The van der Waals surface area contributed by atoms with Crippen molar-refractivity contribution in [1.82, 2.24) is 5.32 Å². The minimum Gasteiger partial charge on any atom is -0.355 e. The molecule has 27 heavy (non-hydrogen) atoms. The molecule has 0 aromatic heterocycles. The Morgan fingerprint density at radius 2 is 1.15 bits per heavy atom. The maximum absolute atomic E-state index is 11.6. The van der Waals surface area contributed by atoms with E-state index in [2.05, 4.69) is 16.4 Å². The smallest absolute Gasteiger partial charge is 0.268 e. The highest BCUT2D eigenvalue weighted by molar-refractivity contribution is 7.86. The molecule has 0 heterocycles. The minimum absolute atomic E-state index is 0.0732. The summed E-state index contributed by atoms with van der Waals surface area (Å²) in [5.74, 6) is -0.246. The largest absolute Gasteiger partial charge is 0.355 e. The lowest BCUT2D eigenvalue weighted by atomic mass is 10.0. The number of hydrogen-bond donors (Lipinski definition) is 1. The van der Waals surface area contributed by atoms with Crippen LogP contribution in [0.1, 0.15) is 110 Å². The number of hydrogen-bond acceptors (Lipinski definition) is 4. The van der Waals surface area contributed by atoms with Gasteiger partial charge in [0.25, 0.3) is 10.1 Å². The van der Waals surface area contributed by atoms with Crippen LogP contribution in [0.4, 0.5) is 0 Å². The first kappa shape index (κ1) is 26.4. The monoisotopic (exact) mass is 405 g/mol. The van der Waals surface area contributed by atoms with Gasteiger partial charge in [0.05, 0.1) is 12.9 Å². The third-order valence-corrected chi connectivity index (χ3v) is 6.15. The van der Waals surface area contributed by atoms with Crippen LogP contribution in [-0.4, -0.2) is 33.7 Å². The van der Waals surface area contributed by atoms with E-state index in [0.717, 1.165) is 20.0 Å². The molecule has 0 bridgehead atoms. The van der Waals surface area contributed by atoms with Crippen LogP contribution in [0.5, 0.6) is 0 Å². The van der Waals surface area contributed by atoms with Gasteiger partial charge in [-0.15, -0.1) is 0 Å². The van der Waals surface area contributed by atoms with E-state index >= 15 is 0 Å². The zero-order valence-electron chi connectivity index (χ0n) is 17.8. The lowest BCUT2D eigenvalue weighted by Crippen LogP contribution is -2.29. The Hall–Kier alpha value is -0.620. The number of unbranched alkanes of at least 4 members (excludes halogenated alkanes) is 14. The maximum atomic E-state index is 11.6. The summed E-state index contributed by atoms with van der Waals surface area (Å²) in [6.45, 7) is 2.38. The van der Waals surface area contributed by atoms with Crippen LogP contribution >= 0.6 is 0 Å². The van der Waals surface area contributed by atoms with E-state index in [0.29, 0.717) is 6.42 Å². The fraction of sp³-hybridized carbons (Fsp3) is 0.952. The fourth-order valence-electron chi connectivity index (χ4n) is 3.14. The molecular weight excluding hydrogens is 362 g/mol. The Balaban J connectivity index is 3.23. The molecule has 6 heteroatoms. The summed E-state index contributed by atoms with van der Waals surface area (Å²) in [5.41, 5.74) is 0. The van der Waals surface area contributed by atoms with E-state index < -0.39 is 10.1 Å². The van der Waals surface area contributed by atoms with Gasteiger partial charge in [0, 0.05) is 13.0 Å². The Labute approximate surface area is 168 Å². The summed E-state index contributed by atoms with van der Waals surface area (Å²) >= 11 is 0. The van der Waals surface area contributed by atoms with Crippen molar-refractivity contribution in [2.75, 3.05) is 19.4 Å². The number of rotatable bonds is 20. The van der Waals surface area contributed by atoms with E-state index in [9.17, 15) is 13.2 Å². The van der Waals surface area contributed by atoms with Crippen LogP contribution in [0.15, 0.2) is 0 Å². The SMILES string of the molecule is CCCCCCCCCCCCCCCCCC(=O)NCCS(=O)(=O)OC. The quantitative estimate of drug-likeness (QED) is 0.219. The molecular formula is C21H43NO4S. The van der Waals surface area contributed by atoms with Gasteiger partial charge in [-0.2, -0.15) is 8.42 Å². The number of carbonyl (C=O) groups excluding carboxylic acids is 1. The third kappa shape index (κ3) is 19.9. The van der Waals surface area contributed by atoms with Crippen LogP contribution in [0, 0.1) is 0 Å². The van der Waals surface area contributed by atoms with Crippen LogP contribution in [0.25, 0.3) is 0 Å². The van der Waals surface area contributed by atoms with E-state index in [-0.39, 0.29) is 18.2 Å². The van der Waals surface area contributed by atoms with E-state index in [1.54, 1.807) is 0 Å². The van der Waals surface area contributed by atoms with Gasteiger partial charge in [-0.25, -0.2) is 0 Å². The summed E-state index contributed by atoms with van der Waals surface area (Å²) in [6, 6.07) is 0. The Morgan fingerprint density at radius 1 is 0.741 bits per heavy atom. The summed E-state index contributed by atoms with van der Waals surface area (Å²) in [7, 11) is -2.35. The summed E-state index contributed by atoms with van der Waals surface area (Å²) in [4.78, 5) is 11.6. The zero-order valence-corrected chi connectivity index (χ0v) is 18.6. The van der Waals surface area contributed by atoms with Crippen LogP contribution < -0.4 is 5.32 Å². The first-order valence-electron chi connectivity index (χ1n) is 11.1. The van der Waals surface area contributed by atoms with Crippen molar-refractivity contribution in [3.05, 3.63) is 0 Å². The highest BCUT2D eigenvalue weighted by Gasteiger charge is 2.09. The molecule has 0 saturated carbocycles. The van der Waals surface area contributed by atoms with Gasteiger partial charge in [0.2, 0.25) is 5.91 Å². The lowest BCUT2D eigenvalue weighted by Gasteiger charge is -2.05. The van der Waals surface area contributed by atoms with Crippen molar-refractivity contribution in [3.63, 3.8) is 0 Å². The predicted octanol–water partition coefficient (Wildman–Crippen LogP) is 5.34. The standard InChI is InChI=1S/C21H43NO4S/c1-3-4-5-6-7-8-9-10-11-12-13-14-15-16-17-18-21(23)22-19-20-27(24,25)26-2/h3-20H2,1-2H3,(H,22,23). The molecule has 0 saturated heterocycles.